The van der Waals surface area contributed by atoms with Crippen LogP contribution in [0.15, 0.2) is 18.2 Å². The van der Waals surface area contributed by atoms with Crippen molar-refractivity contribution in [3.05, 3.63) is 28.8 Å². The Morgan fingerprint density at radius 1 is 1.44 bits per heavy atom. The summed E-state index contributed by atoms with van der Waals surface area (Å²) in [7, 11) is 3.69. The highest BCUT2D eigenvalue weighted by Gasteiger charge is 2.06. The van der Waals surface area contributed by atoms with Crippen LogP contribution in [0.5, 0.6) is 0 Å². The van der Waals surface area contributed by atoms with Gasteiger partial charge < -0.3 is 14.7 Å². The van der Waals surface area contributed by atoms with E-state index in [-0.39, 0.29) is 6.61 Å². The second-order valence-corrected chi connectivity index (χ2v) is 4.12. The first kappa shape index (κ1) is 13.3. The molecule has 3 nitrogen and oxygen atoms in total. The normalized spacial score (nSPS) is 10.5. The molecule has 1 aromatic rings. The average molecular weight is 244 g/mol. The standard InChI is InChI=1S/C12H18ClNO2/c1-14(6-3-7-16-2)12-5-4-10(9-15)8-11(12)13/h4-5,8,15H,3,6-7,9H2,1-2H3. The molecule has 0 fully saturated rings. The predicted octanol–water partition coefficient (Wildman–Crippen LogP) is 2.31. The van der Waals surface area contributed by atoms with Crippen molar-refractivity contribution in [3.63, 3.8) is 0 Å². The molecule has 0 saturated carbocycles. The van der Waals surface area contributed by atoms with Crippen molar-refractivity contribution < 1.29 is 9.84 Å². The molecule has 0 bridgehead atoms. The van der Waals surface area contributed by atoms with Crippen LogP contribution in [0, 0.1) is 0 Å². The summed E-state index contributed by atoms with van der Waals surface area (Å²) in [6.07, 6.45) is 0.963. The number of benzene rings is 1. The molecule has 0 unspecified atom stereocenters. The Labute approximate surface area is 102 Å². The molecule has 0 aliphatic rings. The minimum Gasteiger partial charge on any atom is -0.392 e. The van der Waals surface area contributed by atoms with Crippen molar-refractivity contribution >= 4 is 17.3 Å². The van der Waals surface area contributed by atoms with Crippen LogP contribution in [-0.2, 0) is 11.3 Å². The zero-order valence-electron chi connectivity index (χ0n) is 9.74. The van der Waals surface area contributed by atoms with Crippen LogP contribution in [0.4, 0.5) is 5.69 Å². The zero-order chi connectivity index (χ0) is 12.0. The number of hydrogen-bond donors (Lipinski definition) is 1. The molecule has 16 heavy (non-hydrogen) atoms. The molecule has 90 valence electrons. The second kappa shape index (κ2) is 6.74. The SMILES string of the molecule is COCCCN(C)c1ccc(CO)cc1Cl. The third-order valence-electron chi connectivity index (χ3n) is 2.45. The summed E-state index contributed by atoms with van der Waals surface area (Å²) in [5.41, 5.74) is 1.81. The van der Waals surface area contributed by atoms with E-state index < -0.39 is 0 Å². The third kappa shape index (κ3) is 3.67. The molecule has 4 heteroatoms. The van der Waals surface area contributed by atoms with E-state index in [1.807, 2.05) is 19.2 Å². The van der Waals surface area contributed by atoms with E-state index >= 15 is 0 Å². The van der Waals surface area contributed by atoms with Crippen LogP contribution in [0.2, 0.25) is 5.02 Å². The van der Waals surface area contributed by atoms with Gasteiger partial charge in [-0.1, -0.05) is 17.7 Å². The van der Waals surface area contributed by atoms with E-state index in [0.29, 0.717) is 5.02 Å². The van der Waals surface area contributed by atoms with E-state index in [1.165, 1.54) is 0 Å². The fourth-order valence-corrected chi connectivity index (χ4v) is 1.87. The first-order valence-corrected chi connectivity index (χ1v) is 5.66. The lowest BCUT2D eigenvalue weighted by Crippen LogP contribution is -2.20. The van der Waals surface area contributed by atoms with Gasteiger partial charge in [-0.2, -0.15) is 0 Å². The number of rotatable bonds is 6. The first-order valence-electron chi connectivity index (χ1n) is 5.28. The quantitative estimate of drug-likeness (QED) is 0.779. The van der Waals surface area contributed by atoms with Gasteiger partial charge in [-0.3, -0.25) is 0 Å². The highest BCUT2D eigenvalue weighted by molar-refractivity contribution is 6.33. The summed E-state index contributed by atoms with van der Waals surface area (Å²) in [5.74, 6) is 0. The van der Waals surface area contributed by atoms with Crippen molar-refractivity contribution in [2.75, 3.05) is 32.2 Å². The summed E-state index contributed by atoms with van der Waals surface area (Å²) in [6, 6.07) is 5.61. The predicted molar refractivity (Wildman–Crippen MR) is 67.1 cm³/mol. The maximum absolute atomic E-state index is 8.98. The van der Waals surface area contributed by atoms with Crippen molar-refractivity contribution in [2.24, 2.45) is 0 Å². The lowest BCUT2D eigenvalue weighted by atomic mass is 10.2. The van der Waals surface area contributed by atoms with Gasteiger partial charge in [0.05, 0.1) is 17.3 Å². The van der Waals surface area contributed by atoms with Gasteiger partial charge in [-0.05, 0) is 24.1 Å². The van der Waals surface area contributed by atoms with Crippen LogP contribution >= 0.6 is 11.6 Å². The number of aliphatic hydroxyl groups excluding tert-OH is 1. The van der Waals surface area contributed by atoms with Crippen LogP contribution in [0.3, 0.4) is 0 Å². The van der Waals surface area contributed by atoms with Crippen molar-refractivity contribution in [2.45, 2.75) is 13.0 Å². The largest absolute Gasteiger partial charge is 0.392 e. The molecule has 0 atom stereocenters. The number of hydrogen-bond acceptors (Lipinski definition) is 3. The van der Waals surface area contributed by atoms with E-state index in [4.69, 9.17) is 21.4 Å². The van der Waals surface area contributed by atoms with Crippen LogP contribution < -0.4 is 4.90 Å². The fraction of sp³-hybridized carbons (Fsp3) is 0.500. The van der Waals surface area contributed by atoms with Gasteiger partial charge in [0.25, 0.3) is 0 Å². The molecule has 1 N–H and O–H groups in total. The number of aliphatic hydroxyl groups is 1. The van der Waals surface area contributed by atoms with E-state index in [2.05, 4.69) is 4.90 Å². The van der Waals surface area contributed by atoms with E-state index in [0.717, 1.165) is 30.8 Å². The van der Waals surface area contributed by atoms with Gasteiger partial charge in [0, 0.05) is 27.3 Å². The van der Waals surface area contributed by atoms with E-state index in [9.17, 15) is 0 Å². The molecule has 0 amide bonds. The van der Waals surface area contributed by atoms with Crippen LogP contribution in [-0.4, -0.2) is 32.4 Å². The Kier molecular flexibility index (Phi) is 5.60. The lowest BCUT2D eigenvalue weighted by Gasteiger charge is -2.20. The number of ether oxygens (including phenoxy) is 1. The first-order chi connectivity index (χ1) is 7.69. The highest BCUT2D eigenvalue weighted by Crippen LogP contribution is 2.26. The summed E-state index contributed by atoms with van der Waals surface area (Å²) < 4.78 is 5.00. The monoisotopic (exact) mass is 243 g/mol. The van der Waals surface area contributed by atoms with Crippen LogP contribution in [0.1, 0.15) is 12.0 Å². The third-order valence-corrected chi connectivity index (χ3v) is 2.75. The fourth-order valence-electron chi connectivity index (χ4n) is 1.52. The van der Waals surface area contributed by atoms with Crippen molar-refractivity contribution in [3.8, 4) is 0 Å². The van der Waals surface area contributed by atoms with Gasteiger partial charge in [0.1, 0.15) is 0 Å². The molecule has 0 heterocycles. The molecular formula is C12H18ClNO2. The Morgan fingerprint density at radius 3 is 2.75 bits per heavy atom. The maximum atomic E-state index is 8.98. The average Bonchev–Trinajstić information content (AvgIpc) is 2.29. The van der Waals surface area contributed by atoms with Gasteiger partial charge in [0.2, 0.25) is 0 Å². The topological polar surface area (TPSA) is 32.7 Å². The molecule has 0 spiro atoms. The van der Waals surface area contributed by atoms with Crippen molar-refractivity contribution in [1.29, 1.82) is 0 Å². The number of nitrogens with zero attached hydrogens (tertiary/aromatic N) is 1. The molecule has 0 radical (unpaired) electrons. The molecule has 1 rings (SSSR count). The Hall–Kier alpha value is -0.770. The molecule has 0 saturated heterocycles. The Morgan fingerprint density at radius 2 is 2.19 bits per heavy atom. The minimum atomic E-state index is 0.0212. The van der Waals surface area contributed by atoms with Gasteiger partial charge in [-0.15, -0.1) is 0 Å². The van der Waals surface area contributed by atoms with Crippen LogP contribution in [0.25, 0.3) is 0 Å². The second-order valence-electron chi connectivity index (χ2n) is 3.71. The number of anilines is 1. The minimum absolute atomic E-state index is 0.0212. The lowest BCUT2D eigenvalue weighted by molar-refractivity contribution is 0.196. The number of halogens is 1. The van der Waals surface area contributed by atoms with Crippen molar-refractivity contribution in [1.82, 2.24) is 0 Å². The summed E-state index contributed by atoms with van der Waals surface area (Å²) in [6.45, 7) is 1.66. The Bertz CT molecular complexity index is 331. The highest BCUT2D eigenvalue weighted by atomic mass is 35.5. The van der Waals surface area contributed by atoms with Gasteiger partial charge in [0.15, 0.2) is 0 Å². The van der Waals surface area contributed by atoms with E-state index in [1.54, 1.807) is 13.2 Å². The summed E-state index contributed by atoms with van der Waals surface area (Å²) >= 11 is 6.13. The zero-order valence-corrected chi connectivity index (χ0v) is 10.5. The Balaban J connectivity index is 2.64. The maximum Gasteiger partial charge on any atom is 0.0682 e. The molecule has 0 aliphatic carbocycles. The molecular weight excluding hydrogens is 226 g/mol. The molecule has 1 aromatic carbocycles. The molecule has 0 aliphatic heterocycles. The smallest absolute Gasteiger partial charge is 0.0682 e. The summed E-state index contributed by atoms with van der Waals surface area (Å²) in [5, 5.41) is 9.65. The van der Waals surface area contributed by atoms with Gasteiger partial charge in [-0.25, -0.2) is 0 Å². The van der Waals surface area contributed by atoms with Gasteiger partial charge >= 0.3 is 0 Å². The molecule has 0 aromatic heterocycles. The summed E-state index contributed by atoms with van der Waals surface area (Å²) in [4.78, 5) is 2.09. The number of methoxy groups -OCH3 is 1.